The van der Waals surface area contributed by atoms with Gasteiger partial charge in [0.15, 0.2) is 6.61 Å². The zero-order chi connectivity index (χ0) is 16.2. The van der Waals surface area contributed by atoms with Crippen molar-refractivity contribution < 1.29 is 9.53 Å². The lowest BCUT2D eigenvalue weighted by atomic mass is 10.1. The van der Waals surface area contributed by atoms with Crippen LogP contribution in [0.1, 0.15) is 17.8 Å². The molecule has 1 unspecified atom stereocenters. The third-order valence-electron chi connectivity index (χ3n) is 3.53. The molecule has 0 saturated carbocycles. The van der Waals surface area contributed by atoms with Gasteiger partial charge in [0, 0.05) is 4.88 Å². The molecule has 23 heavy (non-hydrogen) atoms. The Hall–Kier alpha value is -1.85. The van der Waals surface area contributed by atoms with Crippen LogP contribution in [-0.4, -0.2) is 12.5 Å². The van der Waals surface area contributed by atoms with E-state index in [0.717, 1.165) is 20.1 Å². The third kappa shape index (κ3) is 3.74. The Kier molecular flexibility index (Phi) is 4.98. The van der Waals surface area contributed by atoms with Gasteiger partial charge in [-0.1, -0.05) is 36.4 Å². The first-order valence-corrected chi connectivity index (χ1v) is 8.95. The number of amides is 1. The van der Waals surface area contributed by atoms with E-state index in [1.54, 1.807) is 11.3 Å². The van der Waals surface area contributed by atoms with Crippen LogP contribution < -0.4 is 10.1 Å². The van der Waals surface area contributed by atoms with E-state index in [9.17, 15) is 4.79 Å². The molecule has 2 aromatic carbocycles. The van der Waals surface area contributed by atoms with Crippen LogP contribution >= 0.6 is 27.3 Å². The van der Waals surface area contributed by atoms with Crippen molar-refractivity contribution >= 4 is 43.9 Å². The fourth-order valence-electron chi connectivity index (χ4n) is 2.36. The van der Waals surface area contributed by atoms with E-state index in [4.69, 9.17) is 4.74 Å². The van der Waals surface area contributed by atoms with Crippen LogP contribution in [0.2, 0.25) is 0 Å². The van der Waals surface area contributed by atoms with E-state index in [1.807, 2.05) is 60.8 Å². The molecular weight excluding hydrogens is 374 g/mol. The molecule has 1 N–H and O–H groups in total. The SMILES string of the molecule is CC(NC(=O)COc1ccc2ccccc2c1Br)c1cccs1. The van der Waals surface area contributed by atoms with E-state index < -0.39 is 0 Å². The molecule has 5 heteroatoms. The maximum Gasteiger partial charge on any atom is 0.258 e. The maximum atomic E-state index is 12.1. The standard InChI is InChI=1S/C18H16BrNO2S/c1-12(16-7-4-10-23-16)20-17(21)11-22-15-9-8-13-5-2-3-6-14(13)18(15)19/h2-10,12H,11H2,1H3,(H,20,21). The van der Waals surface area contributed by atoms with Gasteiger partial charge in [-0.15, -0.1) is 11.3 Å². The van der Waals surface area contributed by atoms with Crippen LogP contribution in [0.15, 0.2) is 58.4 Å². The zero-order valence-corrected chi connectivity index (χ0v) is 15.0. The van der Waals surface area contributed by atoms with Gasteiger partial charge in [0.25, 0.3) is 5.91 Å². The number of nitrogens with one attached hydrogen (secondary N) is 1. The van der Waals surface area contributed by atoms with Gasteiger partial charge in [-0.2, -0.15) is 0 Å². The second-order valence-electron chi connectivity index (χ2n) is 5.19. The fourth-order valence-corrected chi connectivity index (χ4v) is 3.70. The highest BCUT2D eigenvalue weighted by Crippen LogP contribution is 2.33. The van der Waals surface area contributed by atoms with Crippen LogP contribution in [0.4, 0.5) is 0 Å². The summed E-state index contributed by atoms with van der Waals surface area (Å²) in [5.41, 5.74) is 0. The predicted molar refractivity (Wildman–Crippen MR) is 98.0 cm³/mol. The van der Waals surface area contributed by atoms with Crippen molar-refractivity contribution in [3.05, 3.63) is 63.3 Å². The molecule has 0 spiro atoms. The van der Waals surface area contributed by atoms with Gasteiger partial charge in [-0.3, -0.25) is 4.79 Å². The number of halogens is 1. The van der Waals surface area contributed by atoms with Crippen molar-refractivity contribution in [2.45, 2.75) is 13.0 Å². The molecule has 0 bridgehead atoms. The molecule has 0 saturated heterocycles. The van der Waals surface area contributed by atoms with Crippen molar-refractivity contribution in [1.82, 2.24) is 5.32 Å². The highest BCUT2D eigenvalue weighted by molar-refractivity contribution is 9.10. The summed E-state index contributed by atoms with van der Waals surface area (Å²) >= 11 is 5.19. The monoisotopic (exact) mass is 389 g/mol. The quantitative estimate of drug-likeness (QED) is 0.672. The predicted octanol–water partition coefficient (Wildman–Crippen LogP) is 4.92. The summed E-state index contributed by atoms with van der Waals surface area (Å²) in [6.07, 6.45) is 0. The Morgan fingerprint density at radius 1 is 1.22 bits per heavy atom. The van der Waals surface area contributed by atoms with Gasteiger partial charge >= 0.3 is 0 Å². The van der Waals surface area contributed by atoms with Crippen LogP contribution in [0.3, 0.4) is 0 Å². The van der Waals surface area contributed by atoms with Crippen LogP contribution in [-0.2, 0) is 4.79 Å². The van der Waals surface area contributed by atoms with E-state index in [0.29, 0.717) is 5.75 Å². The second-order valence-corrected chi connectivity index (χ2v) is 6.96. The summed E-state index contributed by atoms with van der Waals surface area (Å²) in [4.78, 5) is 13.2. The van der Waals surface area contributed by atoms with Gasteiger partial charge in [-0.05, 0) is 51.1 Å². The number of hydrogen-bond donors (Lipinski definition) is 1. The molecule has 1 heterocycles. The first-order valence-electron chi connectivity index (χ1n) is 7.28. The molecule has 1 atom stereocenters. The molecule has 0 fully saturated rings. The van der Waals surface area contributed by atoms with Gasteiger partial charge in [0.05, 0.1) is 10.5 Å². The first kappa shape index (κ1) is 16.0. The average molecular weight is 390 g/mol. The average Bonchev–Trinajstić information content (AvgIpc) is 3.09. The first-order chi connectivity index (χ1) is 11.1. The number of fused-ring (bicyclic) bond motifs is 1. The number of hydrogen-bond acceptors (Lipinski definition) is 3. The summed E-state index contributed by atoms with van der Waals surface area (Å²) < 4.78 is 6.54. The Morgan fingerprint density at radius 2 is 2.04 bits per heavy atom. The van der Waals surface area contributed by atoms with E-state index >= 15 is 0 Å². The molecule has 0 aliphatic heterocycles. The van der Waals surface area contributed by atoms with Crippen LogP contribution in [0.25, 0.3) is 10.8 Å². The largest absolute Gasteiger partial charge is 0.483 e. The minimum atomic E-state index is -0.133. The maximum absolute atomic E-state index is 12.1. The van der Waals surface area contributed by atoms with Crippen molar-refractivity contribution in [1.29, 1.82) is 0 Å². The van der Waals surface area contributed by atoms with Gasteiger partial charge < -0.3 is 10.1 Å². The van der Waals surface area contributed by atoms with Crippen molar-refractivity contribution in [2.75, 3.05) is 6.61 Å². The van der Waals surface area contributed by atoms with Crippen molar-refractivity contribution in [3.8, 4) is 5.75 Å². The number of ether oxygens (including phenoxy) is 1. The molecule has 3 rings (SSSR count). The molecule has 3 aromatic rings. The minimum Gasteiger partial charge on any atom is -0.483 e. The van der Waals surface area contributed by atoms with E-state index in [-0.39, 0.29) is 18.6 Å². The Morgan fingerprint density at radius 3 is 2.83 bits per heavy atom. The normalized spacial score (nSPS) is 12.1. The molecule has 1 aromatic heterocycles. The summed E-state index contributed by atoms with van der Waals surface area (Å²) in [6.45, 7) is 1.96. The molecular formula is C18H16BrNO2S. The number of carbonyl (C=O) groups is 1. The van der Waals surface area contributed by atoms with Crippen molar-refractivity contribution in [3.63, 3.8) is 0 Å². The van der Waals surface area contributed by atoms with Gasteiger partial charge in [-0.25, -0.2) is 0 Å². The zero-order valence-electron chi connectivity index (χ0n) is 12.6. The second kappa shape index (κ2) is 7.15. The number of rotatable bonds is 5. The lowest BCUT2D eigenvalue weighted by molar-refractivity contribution is -0.123. The van der Waals surface area contributed by atoms with Crippen LogP contribution in [0.5, 0.6) is 5.75 Å². The molecule has 3 nitrogen and oxygen atoms in total. The summed E-state index contributed by atoms with van der Waals surface area (Å²) in [5, 5.41) is 7.14. The minimum absolute atomic E-state index is 0.00729. The molecule has 1 amide bonds. The lowest BCUT2D eigenvalue weighted by Gasteiger charge is -2.14. The highest BCUT2D eigenvalue weighted by Gasteiger charge is 2.12. The highest BCUT2D eigenvalue weighted by atomic mass is 79.9. The number of carbonyl (C=O) groups excluding carboxylic acids is 1. The summed E-state index contributed by atoms with van der Waals surface area (Å²) in [5.74, 6) is 0.536. The molecule has 118 valence electrons. The summed E-state index contributed by atoms with van der Waals surface area (Å²) in [6, 6.07) is 15.9. The van der Waals surface area contributed by atoms with E-state index in [2.05, 4.69) is 21.2 Å². The Labute approximate surface area is 147 Å². The molecule has 0 aliphatic rings. The number of benzene rings is 2. The third-order valence-corrected chi connectivity index (χ3v) is 5.41. The van der Waals surface area contributed by atoms with Crippen molar-refractivity contribution in [2.24, 2.45) is 0 Å². The Bertz CT molecular complexity index is 817. The van der Waals surface area contributed by atoms with Crippen LogP contribution in [0, 0.1) is 0 Å². The molecule has 0 aliphatic carbocycles. The Balaban J connectivity index is 1.64. The topological polar surface area (TPSA) is 38.3 Å². The smallest absolute Gasteiger partial charge is 0.258 e. The van der Waals surface area contributed by atoms with Gasteiger partial charge in [0.2, 0.25) is 0 Å². The lowest BCUT2D eigenvalue weighted by Crippen LogP contribution is -2.30. The molecule has 0 radical (unpaired) electrons. The summed E-state index contributed by atoms with van der Waals surface area (Å²) in [7, 11) is 0. The van der Waals surface area contributed by atoms with Gasteiger partial charge in [0.1, 0.15) is 5.75 Å². The number of thiophene rings is 1. The fraction of sp³-hybridized carbons (Fsp3) is 0.167. The van der Waals surface area contributed by atoms with E-state index in [1.165, 1.54) is 0 Å².